The van der Waals surface area contributed by atoms with Gasteiger partial charge in [-0.3, -0.25) is 4.79 Å². The van der Waals surface area contributed by atoms with Crippen molar-refractivity contribution in [2.75, 3.05) is 13.1 Å². The molecule has 0 atom stereocenters. The summed E-state index contributed by atoms with van der Waals surface area (Å²) in [5, 5.41) is 0. The number of carbonyl (C=O) groups excluding carboxylic acids is 1. The Kier molecular flexibility index (Phi) is 2.99. The van der Waals surface area contributed by atoms with Gasteiger partial charge in [0, 0.05) is 18.7 Å². The number of amides is 1. The number of benzene rings is 1. The Morgan fingerprint density at radius 1 is 1.25 bits per heavy atom. The second kappa shape index (κ2) is 4.28. The average Bonchev–Trinajstić information content (AvgIpc) is 2.13. The highest BCUT2D eigenvalue weighted by molar-refractivity contribution is 5.95. The van der Waals surface area contributed by atoms with Gasteiger partial charge < -0.3 is 4.90 Å². The molecule has 0 unspecified atom stereocenters. The monoisotopic (exact) mass is 217 g/mol. The summed E-state index contributed by atoms with van der Waals surface area (Å²) in [6, 6.07) is 6.20. The van der Waals surface area contributed by atoms with E-state index in [1.54, 1.807) is 0 Å². The lowest BCUT2D eigenvalue weighted by molar-refractivity contribution is 0.0651. The molecule has 1 aromatic rings. The van der Waals surface area contributed by atoms with Gasteiger partial charge in [-0.05, 0) is 37.0 Å². The maximum atomic E-state index is 12.1. The SMILES string of the molecule is Cc1cc(C(=O)N2CCC2)cc(C(C)C)c1. The molecule has 1 amide bonds. The molecule has 0 radical (unpaired) electrons. The number of rotatable bonds is 2. The molecule has 1 fully saturated rings. The zero-order valence-electron chi connectivity index (χ0n) is 10.3. The third-order valence-corrected chi connectivity index (χ3v) is 3.16. The van der Waals surface area contributed by atoms with Crippen LogP contribution in [0.1, 0.15) is 47.7 Å². The fourth-order valence-electron chi connectivity index (χ4n) is 1.97. The van der Waals surface area contributed by atoms with E-state index in [0.717, 1.165) is 25.1 Å². The fraction of sp³-hybridized carbons (Fsp3) is 0.500. The lowest BCUT2D eigenvalue weighted by atomic mass is 9.97. The first-order valence-electron chi connectivity index (χ1n) is 5.99. The van der Waals surface area contributed by atoms with E-state index < -0.39 is 0 Å². The molecule has 1 saturated heterocycles. The minimum Gasteiger partial charge on any atom is -0.339 e. The molecule has 86 valence electrons. The van der Waals surface area contributed by atoms with Crippen molar-refractivity contribution in [2.24, 2.45) is 0 Å². The molecular weight excluding hydrogens is 198 g/mol. The number of hydrogen-bond acceptors (Lipinski definition) is 1. The molecule has 2 nitrogen and oxygen atoms in total. The molecule has 1 heterocycles. The summed E-state index contributed by atoms with van der Waals surface area (Å²) in [6.45, 7) is 8.21. The summed E-state index contributed by atoms with van der Waals surface area (Å²) >= 11 is 0. The van der Waals surface area contributed by atoms with Crippen LogP contribution in [-0.4, -0.2) is 23.9 Å². The lowest BCUT2D eigenvalue weighted by Gasteiger charge is -2.31. The minimum absolute atomic E-state index is 0.192. The second-order valence-electron chi connectivity index (χ2n) is 4.93. The van der Waals surface area contributed by atoms with E-state index in [1.165, 1.54) is 11.1 Å². The summed E-state index contributed by atoms with van der Waals surface area (Å²) in [5.41, 5.74) is 3.28. The number of aryl methyl sites for hydroxylation is 1. The van der Waals surface area contributed by atoms with Crippen LogP contribution in [0.4, 0.5) is 0 Å². The van der Waals surface area contributed by atoms with Crippen LogP contribution in [0, 0.1) is 6.92 Å². The van der Waals surface area contributed by atoms with Crippen LogP contribution in [0.2, 0.25) is 0 Å². The van der Waals surface area contributed by atoms with Crippen LogP contribution >= 0.6 is 0 Å². The van der Waals surface area contributed by atoms with Crippen molar-refractivity contribution < 1.29 is 4.79 Å². The lowest BCUT2D eigenvalue weighted by Crippen LogP contribution is -2.42. The number of hydrogen-bond donors (Lipinski definition) is 0. The van der Waals surface area contributed by atoms with E-state index in [9.17, 15) is 4.79 Å². The predicted molar refractivity (Wildman–Crippen MR) is 65.8 cm³/mol. The van der Waals surface area contributed by atoms with Gasteiger partial charge >= 0.3 is 0 Å². The van der Waals surface area contributed by atoms with Gasteiger partial charge in [-0.2, -0.15) is 0 Å². The van der Waals surface area contributed by atoms with Crippen molar-refractivity contribution in [1.82, 2.24) is 4.90 Å². The molecular formula is C14H19NO. The van der Waals surface area contributed by atoms with Gasteiger partial charge in [0.25, 0.3) is 5.91 Å². The predicted octanol–water partition coefficient (Wildman–Crippen LogP) is 2.96. The first-order valence-corrected chi connectivity index (χ1v) is 5.99. The largest absolute Gasteiger partial charge is 0.339 e. The van der Waals surface area contributed by atoms with Crippen molar-refractivity contribution >= 4 is 5.91 Å². The van der Waals surface area contributed by atoms with Gasteiger partial charge in [-0.15, -0.1) is 0 Å². The second-order valence-corrected chi connectivity index (χ2v) is 4.93. The van der Waals surface area contributed by atoms with Crippen LogP contribution in [0.3, 0.4) is 0 Å². The molecule has 0 saturated carbocycles. The van der Waals surface area contributed by atoms with Gasteiger partial charge in [0.15, 0.2) is 0 Å². The van der Waals surface area contributed by atoms with E-state index in [2.05, 4.69) is 26.8 Å². The van der Waals surface area contributed by atoms with Crippen molar-refractivity contribution in [1.29, 1.82) is 0 Å². The zero-order chi connectivity index (χ0) is 11.7. The Morgan fingerprint density at radius 2 is 1.94 bits per heavy atom. The van der Waals surface area contributed by atoms with E-state index >= 15 is 0 Å². The summed E-state index contributed by atoms with van der Waals surface area (Å²) in [6.07, 6.45) is 1.15. The highest BCUT2D eigenvalue weighted by Gasteiger charge is 2.22. The highest BCUT2D eigenvalue weighted by atomic mass is 16.2. The normalized spacial score (nSPS) is 15.1. The quantitative estimate of drug-likeness (QED) is 0.745. The molecule has 0 aromatic heterocycles. The first-order chi connectivity index (χ1) is 7.58. The van der Waals surface area contributed by atoms with Gasteiger partial charge in [-0.25, -0.2) is 0 Å². The van der Waals surface area contributed by atoms with E-state index in [-0.39, 0.29) is 5.91 Å². The summed E-state index contributed by atoms with van der Waals surface area (Å²) < 4.78 is 0. The number of likely N-dealkylation sites (tertiary alicyclic amines) is 1. The average molecular weight is 217 g/mol. The van der Waals surface area contributed by atoms with Crippen LogP contribution in [-0.2, 0) is 0 Å². The first kappa shape index (κ1) is 11.2. The molecule has 0 spiro atoms. The van der Waals surface area contributed by atoms with Crippen molar-refractivity contribution in [3.05, 3.63) is 34.9 Å². The summed E-state index contributed by atoms with van der Waals surface area (Å²) in [4.78, 5) is 14.0. The Morgan fingerprint density at radius 3 is 2.44 bits per heavy atom. The number of carbonyl (C=O) groups is 1. The van der Waals surface area contributed by atoms with Crippen molar-refractivity contribution in [3.63, 3.8) is 0 Å². The van der Waals surface area contributed by atoms with E-state index in [4.69, 9.17) is 0 Å². The van der Waals surface area contributed by atoms with Crippen LogP contribution in [0.5, 0.6) is 0 Å². The molecule has 1 aliphatic heterocycles. The molecule has 2 rings (SSSR count). The van der Waals surface area contributed by atoms with Crippen molar-refractivity contribution in [2.45, 2.75) is 33.1 Å². The third-order valence-electron chi connectivity index (χ3n) is 3.16. The van der Waals surface area contributed by atoms with Gasteiger partial charge in [0.1, 0.15) is 0 Å². The van der Waals surface area contributed by atoms with Crippen LogP contribution in [0.25, 0.3) is 0 Å². The van der Waals surface area contributed by atoms with Gasteiger partial charge in [0.05, 0.1) is 0 Å². The Labute approximate surface area is 97.3 Å². The Balaban J connectivity index is 2.29. The van der Waals surface area contributed by atoms with Gasteiger partial charge in [0.2, 0.25) is 0 Å². The topological polar surface area (TPSA) is 20.3 Å². The maximum absolute atomic E-state index is 12.1. The van der Waals surface area contributed by atoms with Crippen molar-refractivity contribution in [3.8, 4) is 0 Å². The molecule has 1 aromatic carbocycles. The zero-order valence-corrected chi connectivity index (χ0v) is 10.3. The molecule has 16 heavy (non-hydrogen) atoms. The highest BCUT2D eigenvalue weighted by Crippen LogP contribution is 2.20. The van der Waals surface area contributed by atoms with Crippen LogP contribution < -0.4 is 0 Å². The molecule has 1 aliphatic rings. The number of nitrogens with zero attached hydrogens (tertiary/aromatic N) is 1. The maximum Gasteiger partial charge on any atom is 0.253 e. The molecule has 0 N–H and O–H groups in total. The van der Waals surface area contributed by atoms with E-state index in [0.29, 0.717) is 5.92 Å². The third kappa shape index (κ3) is 2.11. The fourth-order valence-corrected chi connectivity index (χ4v) is 1.97. The summed E-state index contributed by atoms with van der Waals surface area (Å²) in [5.74, 6) is 0.666. The Hall–Kier alpha value is -1.31. The molecule has 2 heteroatoms. The van der Waals surface area contributed by atoms with Gasteiger partial charge in [-0.1, -0.05) is 25.5 Å². The summed E-state index contributed by atoms with van der Waals surface area (Å²) in [7, 11) is 0. The minimum atomic E-state index is 0.192. The van der Waals surface area contributed by atoms with Crippen LogP contribution in [0.15, 0.2) is 18.2 Å². The molecule has 0 bridgehead atoms. The van der Waals surface area contributed by atoms with E-state index in [1.807, 2.05) is 17.0 Å². The Bertz CT molecular complexity index is 405. The smallest absolute Gasteiger partial charge is 0.253 e. The molecule has 0 aliphatic carbocycles. The standard InChI is InChI=1S/C14H19NO/c1-10(2)12-7-11(3)8-13(9-12)14(16)15-5-4-6-15/h7-10H,4-6H2,1-3H3.